The van der Waals surface area contributed by atoms with Crippen LogP contribution >= 0.6 is 11.6 Å². The zero-order valence-corrected chi connectivity index (χ0v) is 15.2. The quantitative estimate of drug-likeness (QED) is 0.665. The molecule has 0 aliphatic rings. The van der Waals surface area contributed by atoms with Crippen molar-refractivity contribution in [2.75, 3.05) is 17.2 Å². The molecule has 0 bridgehead atoms. The van der Waals surface area contributed by atoms with E-state index in [-0.39, 0.29) is 29.7 Å². The van der Waals surface area contributed by atoms with E-state index in [1.54, 1.807) is 19.2 Å². The maximum absolute atomic E-state index is 12.6. The second-order valence-electron chi connectivity index (χ2n) is 5.89. The van der Waals surface area contributed by atoms with Gasteiger partial charge in [0, 0.05) is 38.0 Å². The second kappa shape index (κ2) is 7.55. The summed E-state index contributed by atoms with van der Waals surface area (Å²) in [5.41, 5.74) is 0.415. The average Bonchev–Trinajstić information content (AvgIpc) is 2.89. The van der Waals surface area contributed by atoms with E-state index in [2.05, 4.69) is 15.6 Å². The highest BCUT2D eigenvalue weighted by molar-refractivity contribution is 6.33. The molecule has 0 aliphatic carbocycles. The maximum atomic E-state index is 12.6. The fourth-order valence-corrected chi connectivity index (χ4v) is 2.69. The summed E-state index contributed by atoms with van der Waals surface area (Å²) < 4.78 is 44.2. The number of aryl methyl sites for hydroxylation is 1. The van der Waals surface area contributed by atoms with Gasteiger partial charge in [-0.3, -0.25) is 9.36 Å². The van der Waals surface area contributed by atoms with Crippen molar-refractivity contribution in [2.24, 2.45) is 7.05 Å². The Morgan fingerprint density at radius 3 is 2.75 bits per heavy atom. The number of carbonyl (C=O) groups is 1. The van der Waals surface area contributed by atoms with Crippen LogP contribution in [0.15, 0.2) is 39.7 Å². The lowest BCUT2D eigenvalue weighted by Crippen LogP contribution is -2.17. The second-order valence-corrected chi connectivity index (χ2v) is 6.29. The van der Waals surface area contributed by atoms with Gasteiger partial charge in [0.1, 0.15) is 5.82 Å². The van der Waals surface area contributed by atoms with Crippen molar-refractivity contribution in [2.45, 2.75) is 12.6 Å². The number of benzene rings is 1. The molecule has 0 saturated carbocycles. The molecule has 3 aromatic rings. The van der Waals surface area contributed by atoms with Gasteiger partial charge in [-0.1, -0.05) is 11.6 Å². The third-order valence-electron chi connectivity index (χ3n) is 3.89. The Bertz CT molecular complexity index is 1090. The molecule has 0 unspecified atom stereocenters. The molecule has 0 aliphatic heterocycles. The summed E-state index contributed by atoms with van der Waals surface area (Å²) in [5.74, 6) is -0.813. The normalized spacial score (nSPS) is 11.6. The number of halogens is 4. The Kier molecular flexibility index (Phi) is 5.32. The van der Waals surface area contributed by atoms with Gasteiger partial charge in [-0.05, 0) is 18.2 Å². The summed E-state index contributed by atoms with van der Waals surface area (Å²) in [7, 11) is 1.57. The Morgan fingerprint density at radius 2 is 2.07 bits per heavy atom. The van der Waals surface area contributed by atoms with Crippen LogP contribution in [-0.4, -0.2) is 22.0 Å². The number of nitrogens with one attached hydrogen (secondary N) is 2. The Morgan fingerprint density at radius 1 is 1.32 bits per heavy atom. The number of nitrogens with zero attached hydrogens (tertiary/aromatic N) is 2. The number of pyridine rings is 1. The van der Waals surface area contributed by atoms with Gasteiger partial charge in [-0.2, -0.15) is 13.2 Å². The molecular weight excluding hydrogens is 401 g/mol. The van der Waals surface area contributed by atoms with Crippen LogP contribution in [0.25, 0.3) is 11.1 Å². The van der Waals surface area contributed by atoms with E-state index in [1.165, 1.54) is 10.6 Å². The van der Waals surface area contributed by atoms with Gasteiger partial charge in [-0.15, -0.1) is 0 Å². The zero-order valence-electron chi connectivity index (χ0n) is 14.4. The molecule has 0 radical (unpaired) electrons. The van der Waals surface area contributed by atoms with Crippen LogP contribution in [0.4, 0.5) is 24.7 Å². The van der Waals surface area contributed by atoms with Crippen LogP contribution in [-0.2, 0) is 18.0 Å². The Hall–Kier alpha value is -3.01. The summed E-state index contributed by atoms with van der Waals surface area (Å²) in [6, 6.07) is 5.55. The number of aromatic nitrogens is 2. The molecule has 0 atom stereocenters. The fourth-order valence-electron chi connectivity index (χ4n) is 2.45. The fraction of sp³-hybridized carbons (Fsp3) is 0.235. The molecule has 11 heteroatoms. The molecule has 7 nitrogen and oxygen atoms in total. The molecule has 0 saturated heterocycles. The van der Waals surface area contributed by atoms with Crippen LogP contribution in [0.3, 0.4) is 0 Å². The number of rotatable bonds is 5. The third-order valence-corrected chi connectivity index (χ3v) is 4.18. The van der Waals surface area contributed by atoms with Crippen molar-refractivity contribution < 1.29 is 22.4 Å². The first-order valence-electron chi connectivity index (χ1n) is 8.01. The molecule has 0 fully saturated rings. The van der Waals surface area contributed by atoms with Crippen LogP contribution in [0.1, 0.15) is 12.0 Å². The first-order valence-corrected chi connectivity index (χ1v) is 8.39. The van der Waals surface area contributed by atoms with Crippen LogP contribution < -0.4 is 16.4 Å². The van der Waals surface area contributed by atoms with Crippen LogP contribution in [0.2, 0.25) is 5.02 Å². The summed E-state index contributed by atoms with van der Waals surface area (Å²) in [6.07, 6.45) is -3.86. The minimum Gasteiger partial charge on any atom is -0.408 e. The topological polar surface area (TPSA) is 89.2 Å². The molecule has 2 heterocycles. The standard InChI is InChI=1S/C17H14ClF3N4O3/c1-25-12-3-2-10(7-13(12)28-16(25)27)24-14(26)4-5-22-15-11(18)6-9(8-23-15)17(19,20)21/h2-3,6-8H,4-5H2,1H3,(H,22,23)(H,24,26). The SMILES string of the molecule is Cn1c(=O)oc2cc(NC(=O)CCNc3ncc(C(F)(F)F)cc3Cl)ccc21. The minimum atomic E-state index is -4.53. The first kappa shape index (κ1) is 19.7. The molecule has 28 heavy (non-hydrogen) atoms. The lowest BCUT2D eigenvalue weighted by Gasteiger charge is -2.11. The van der Waals surface area contributed by atoms with Gasteiger partial charge >= 0.3 is 11.9 Å². The van der Waals surface area contributed by atoms with Gasteiger partial charge in [0.05, 0.1) is 16.1 Å². The molecule has 2 aromatic heterocycles. The van der Waals surface area contributed by atoms with Gasteiger partial charge in [-0.25, -0.2) is 9.78 Å². The molecule has 0 spiro atoms. The van der Waals surface area contributed by atoms with Crippen molar-refractivity contribution in [3.05, 3.63) is 51.6 Å². The average molecular weight is 415 g/mol. The highest BCUT2D eigenvalue weighted by Gasteiger charge is 2.31. The van der Waals surface area contributed by atoms with E-state index >= 15 is 0 Å². The van der Waals surface area contributed by atoms with Crippen LogP contribution in [0, 0.1) is 0 Å². The number of anilines is 2. The van der Waals surface area contributed by atoms with Gasteiger partial charge < -0.3 is 15.1 Å². The number of hydrogen-bond acceptors (Lipinski definition) is 5. The van der Waals surface area contributed by atoms with E-state index in [4.69, 9.17) is 16.0 Å². The molecule has 1 aromatic carbocycles. The lowest BCUT2D eigenvalue weighted by molar-refractivity contribution is -0.137. The molecule has 1 amide bonds. The first-order chi connectivity index (χ1) is 13.1. The predicted molar refractivity (Wildman–Crippen MR) is 97.4 cm³/mol. The van der Waals surface area contributed by atoms with Crippen molar-refractivity contribution >= 4 is 40.1 Å². The van der Waals surface area contributed by atoms with E-state index in [0.29, 0.717) is 23.0 Å². The van der Waals surface area contributed by atoms with Crippen molar-refractivity contribution in [1.82, 2.24) is 9.55 Å². The summed E-state index contributed by atoms with van der Waals surface area (Å²) in [6.45, 7) is 0.104. The third kappa shape index (κ3) is 4.28. The summed E-state index contributed by atoms with van der Waals surface area (Å²) in [4.78, 5) is 27.1. The van der Waals surface area contributed by atoms with E-state index in [0.717, 1.165) is 6.07 Å². The Balaban J connectivity index is 1.57. The van der Waals surface area contributed by atoms with Crippen molar-refractivity contribution in [3.63, 3.8) is 0 Å². The monoisotopic (exact) mass is 414 g/mol. The molecular formula is C17H14ClF3N4O3. The number of fused-ring (bicyclic) bond motifs is 1. The molecule has 3 rings (SSSR count). The maximum Gasteiger partial charge on any atom is 0.419 e. The number of amides is 1. The minimum absolute atomic E-state index is 0.00973. The predicted octanol–water partition coefficient (Wildman–Crippen LogP) is 3.64. The van der Waals surface area contributed by atoms with Gasteiger partial charge in [0.25, 0.3) is 0 Å². The summed E-state index contributed by atoms with van der Waals surface area (Å²) in [5, 5.41) is 5.16. The van der Waals surface area contributed by atoms with Crippen LogP contribution in [0.5, 0.6) is 0 Å². The van der Waals surface area contributed by atoms with Crippen molar-refractivity contribution in [3.8, 4) is 0 Å². The van der Waals surface area contributed by atoms with Gasteiger partial charge in [0.15, 0.2) is 5.58 Å². The van der Waals surface area contributed by atoms with E-state index in [9.17, 15) is 22.8 Å². The van der Waals surface area contributed by atoms with E-state index in [1.807, 2.05) is 0 Å². The number of carbonyl (C=O) groups excluding carboxylic acids is 1. The Labute approximate surface area is 161 Å². The molecule has 2 N–H and O–H groups in total. The number of oxazole rings is 1. The summed E-state index contributed by atoms with van der Waals surface area (Å²) >= 11 is 5.79. The van der Waals surface area contributed by atoms with Gasteiger partial charge in [0.2, 0.25) is 5.91 Å². The molecule has 148 valence electrons. The number of hydrogen-bond donors (Lipinski definition) is 2. The smallest absolute Gasteiger partial charge is 0.408 e. The number of alkyl halides is 3. The zero-order chi connectivity index (χ0) is 20.5. The largest absolute Gasteiger partial charge is 0.419 e. The van der Waals surface area contributed by atoms with Crippen molar-refractivity contribution in [1.29, 1.82) is 0 Å². The highest BCUT2D eigenvalue weighted by Crippen LogP contribution is 2.32. The lowest BCUT2D eigenvalue weighted by atomic mass is 10.2. The van der Waals surface area contributed by atoms with E-state index < -0.39 is 17.5 Å². The highest BCUT2D eigenvalue weighted by atomic mass is 35.5.